The lowest BCUT2D eigenvalue weighted by Crippen LogP contribution is -2.57. The first-order chi connectivity index (χ1) is 25.7. The first-order valence-corrected chi connectivity index (χ1v) is 18.3. The van der Waals surface area contributed by atoms with Crippen molar-refractivity contribution in [1.82, 2.24) is 35.8 Å². The van der Waals surface area contributed by atoms with Crippen molar-refractivity contribution in [2.24, 2.45) is 5.92 Å². The van der Waals surface area contributed by atoms with E-state index in [0.29, 0.717) is 69.1 Å². The highest BCUT2D eigenvalue weighted by molar-refractivity contribution is 6.00. The van der Waals surface area contributed by atoms with Crippen LogP contribution in [0.1, 0.15) is 60.3 Å². The van der Waals surface area contributed by atoms with Crippen LogP contribution in [0.15, 0.2) is 85.1 Å². The number of nitrogens with one attached hydrogen (secondary N) is 3. The van der Waals surface area contributed by atoms with Crippen LogP contribution in [0.5, 0.6) is 11.5 Å². The summed E-state index contributed by atoms with van der Waals surface area (Å²) in [7, 11) is 0. The number of ether oxygens (including phenoxy) is 2. The van der Waals surface area contributed by atoms with Gasteiger partial charge in [0.05, 0.1) is 18.3 Å². The van der Waals surface area contributed by atoms with Crippen molar-refractivity contribution in [2.75, 3.05) is 19.7 Å². The van der Waals surface area contributed by atoms with Crippen molar-refractivity contribution >= 4 is 23.6 Å². The van der Waals surface area contributed by atoms with Crippen LogP contribution in [0.25, 0.3) is 0 Å². The Labute approximate surface area is 309 Å². The van der Waals surface area contributed by atoms with E-state index in [2.05, 4.69) is 26.3 Å². The summed E-state index contributed by atoms with van der Waals surface area (Å²) in [5, 5.41) is 17.3. The molecule has 53 heavy (non-hydrogen) atoms. The van der Waals surface area contributed by atoms with Gasteiger partial charge in [-0.25, -0.2) is 4.68 Å². The minimum atomic E-state index is -0.883. The summed E-state index contributed by atoms with van der Waals surface area (Å²) >= 11 is 0. The Hall–Kier alpha value is -5.72. The summed E-state index contributed by atoms with van der Waals surface area (Å²) in [6.07, 6.45) is 4.06. The molecule has 3 N–H and O–H groups in total. The quantitative estimate of drug-likeness (QED) is 0.289. The highest BCUT2D eigenvalue weighted by atomic mass is 16.5. The van der Waals surface area contributed by atoms with Gasteiger partial charge in [0.2, 0.25) is 17.7 Å². The predicted molar refractivity (Wildman–Crippen MR) is 197 cm³/mol. The van der Waals surface area contributed by atoms with Crippen LogP contribution in [-0.4, -0.2) is 81.3 Å². The number of carbonyl (C=O) groups is 4. The normalized spacial score (nSPS) is 20.7. The number of hydrogen-bond acceptors (Lipinski definition) is 8. The van der Waals surface area contributed by atoms with E-state index in [-0.39, 0.29) is 36.3 Å². The minimum absolute atomic E-state index is 0.0695. The molecular formula is C40H47N7O6. The molecule has 4 bridgehead atoms. The Morgan fingerprint density at radius 2 is 1.62 bits per heavy atom. The number of fused-ring (bicyclic) bond motifs is 14. The summed E-state index contributed by atoms with van der Waals surface area (Å²) < 4.78 is 13.6. The van der Waals surface area contributed by atoms with Crippen LogP contribution in [0.3, 0.4) is 0 Å². The van der Waals surface area contributed by atoms with Crippen LogP contribution in [0.4, 0.5) is 0 Å². The topological polar surface area (TPSA) is 157 Å². The van der Waals surface area contributed by atoms with Gasteiger partial charge in [-0.1, -0.05) is 73.7 Å². The first-order valence-electron chi connectivity index (χ1n) is 18.3. The molecule has 0 saturated carbocycles. The molecule has 0 unspecified atom stereocenters. The first kappa shape index (κ1) is 37.1. The van der Waals surface area contributed by atoms with E-state index >= 15 is 0 Å². The van der Waals surface area contributed by atoms with E-state index < -0.39 is 29.9 Å². The number of carbonyl (C=O) groups excluding carboxylic acids is 4. The number of amides is 4. The van der Waals surface area contributed by atoms with Gasteiger partial charge in [0, 0.05) is 19.5 Å². The Kier molecular flexibility index (Phi) is 12.4. The van der Waals surface area contributed by atoms with Crippen LogP contribution in [0.2, 0.25) is 0 Å². The molecule has 4 heterocycles. The number of aromatic nitrogens is 3. The Morgan fingerprint density at radius 3 is 2.42 bits per heavy atom. The van der Waals surface area contributed by atoms with Crippen LogP contribution in [-0.2, 0) is 40.4 Å². The molecular weight excluding hydrogens is 674 g/mol. The number of hydrogen-bond donors (Lipinski definition) is 3. The molecule has 13 nitrogen and oxygen atoms in total. The summed E-state index contributed by atoms with van der Waals surface area (Å²) in [6, 6.07) is 21.5. The molecule has 3 atom stereocenters. The molecule has 4 aromatic rings. The second kappa shape index (κ2) is 17.7. The van der Waals surface area contributed by atoms with Crippen molar-refractivity contribution in [1.29, 1.82) is 0 Å². The zero-order valence-electron chi connectivity index (χ0n) is 30.2. The lowest BCUT2D eigenvalue weighted by molar-refractivity contribution is -0.141. The molecule has 1 saturated heterocycles. The van der Waals surface area contributed by atoms with Gasteiger partial charge < -0.3 is 30.3 Å². The Morgan fingerprint density at radius 1 is 0.849 bits per heavy atom. The fourth-order valence-electron chi connectivity index (χ4n) is 6.67. The molecule has 3 aliphatic rings. The minimum Gasteiger partial charge on any atom is -0.492 e. The lowest BCUT2D eigenvalue weighted by atomic mass is 10.0. The van der Waals surface area contributed by atoms with Crippen LogP contribution in [0, 0.1) is 5.92 Å². The van der Waals surface area contributed by atoms with Gasteiger partial charge in [0.15, 0.2) is 0 Å². The number of benzene rings is 3. The van der Waals surface area contributed by atoms with Crippen LogP contribution >= 0.6 is 0 Å². The largest absolute Gasteiger partial charge is 0.492 e. The molecule has 7 rings (SSSR count). The zero-order chi connectivity index (χ0) is 37.2. The van der Waals surface area contributed by atoms with Gasteiger partial charge in [-0.3, -0.25) is 19.2 Å². The van der Waals surface area contributed by atoms with E-state index in [1.54, 1.807) is 40.0 Å². The van der Waals surface area contributed by atoms with Crippen molar-refractivity contribution in [3.8, 4) is 11.5 Å². The second-order valence-corrected chi connectivity index (χ2v) is 13.9. The average Bonchev–Trinajstić information content (AvgIpc) is 3.84. The molecule has 4 amide bonds. The van der Waals surface area contributed by atoms with Crippen molar-refractivity contribution in [3.63, 3.8) is 0 Å². The van der Waals surface area contributed by atoms with Gasteiger partial charge in [-0.15, -0.1) is 5.10 Å². The highest BCUT2D eigenvalue weighted by Crippen LogP contribution is 2.23. The fourth-order valence-corrected chi connectivity index (χ4v) is 6.67. The molecule has 3 aromatic carbocycles. The molecule has 1 aromatic heterocycles. The maximum absolute atomic E-state index is 14.2. The third kappa shape index (κ3) is 10.00. The summed E-state index contributed by atoms with van der Waals surface area (Å²) in [5.74, 6) is -0.403. The van der Waals surface area contributed by atoms with E-state index in [9.17, 15) is 19.2 Å². The van der Waals surface area contributed by atoms with Gasteiger partial charge in [0.1, 0.15) is 48.5 Å². The highest BCUT2D eigenvalue weighted by Gasteiger charge is 2.39. The SMILES string of the molecule is CC(C)C[C@H]1NC(=O)c2ccccc2OCc2cn(nn2)CCOc2ccc(cc2)CCNC(=O)[C@H](Cc2ccccc2)NC(=O)[C@H]2CCCN2C1=O. The molecule has 1 fully saturated rings. The van der Waals surface area contributed by atoms with E-state index in [1.165, 1.54) is 0 Å². The molecule has 278 valence electrons. The molecule has 13 heteroatoms. The van der Waals surface area contributed by atoms with Gasteiger partial charge >= 0.3 is 0 Å². The average molecular weight is 722 g/mol. The van der Waals surface area contributed by atoms with E-state index in [4.69, 9.17) is 9.47 Å². The van der Waals surface area contributed by atoms with Gasteiger partial charge in [-0.05, 0) is 67.0 Å². The molecule has 3 aliphatic heterocycles. The molecule has 0 radical (unpaired) electrons. The van der Waals surface area contributed by atoms with E-state index in [0.717, 1.165) is 11.1 Å². The Balaban J connectivity index is 1.26. The number of rotatable bonds is 4. The van der Waals surface area contributed by atoms with Gasteiger partial charge in [0.25, 0.3) is 5.91 Å². The third-order valence-corrected chi connectivity index (χ3v) is 9.38. The fraction of sp³-hybridized carbons (Fsp3) is 0.400. The standard InChI is InChI=1S/C40H47N7O6/c1-27(2)23-34-40(51)47-20-8-12-35(47)39(50)42-33(24-29-9-4-3-5-10-29)38(49)41-19-18-28-14-16-31(17-15-28)52-22-21-46-25-30(44-45-46)26-53-36-13-7-6-11-32(36)37(48)43-34/h3-7,9-11,13-17,25,27,33-35H,8,12,18-24,26H2,1-2H3,(H,41,49)(H,42,50)(H,43,48)/t33-,34+,35+/m0/s1. The van der Waals surface area contributed by atoms with E-state index in [1.807, 2.05) is 68.4 Å². The molecule has 0 spiro atoms. The summed E-state index contributed by atoms with van der Waals surface area (Å²) in [5.41, 5.74) is 2.76. The lowest BCUT2D eigenvalue weighted by Gasteiger charge is -2.30. The maximum atomic E-state index is 14.2. The molecule has 0 aliphatic carbocycles. The second-order valence-electron chi connectivity index (χ2n) is 13.9. The Bertz CT molecular complexity index is 1860. The van der Waals surface area contributed by atoms with Crippen LogP contribution < -0.4 is 25.4 Å². The van der Waals surface area contributed by atoms with Crippen molar-refractivity contribution in [3.05, 3.63) is 107 Å². The smallest absolute Gasteiger partial charge is 0.255 e. The maximum Gasteiger partial charge on any atom is 0.255 e. The zero-order valence-corrected chi connectivity index (χ0v) is 30.2. The number of para-hydroxylation sites is 1. The van der Waals surface area contributed by atoms with Crippen molar-refractivity contribution < 1.29 is 28.7 Å². The summed E-state index contributed by atoms with van der Waals surface area (Å²) in [4.78, 5) is 57.1. The number of nitrogens with zero attached hydrogens (tertiary/aromatic N) is 4. The van der Waals surface area contributed by atoms with Crippen molar-refractivity contribution in [2.45, 2.75) is 77.2 Å². The summed E-state index contributed by atoms with van der Waals surface area (Å²) in [6.45, 7) is 5.59. The third-order valence-electron chi connectivity index (χ3n) is 9.38. The predicted octanol–water partition coefficient (Wildman–Crippen LogP) is 3.47. The monoisotopic (exact) mass is 721 g/mol. The van der Waals surface area contributed by atoms with Gasteiger partial charge in [-0.2, -0.15) is 0 Å².